The summed E-state index contributed by atoms with van der Waals surface area (Å²) in [5, 5.41) is 0. The molecule has 0 N–H and O–H groups in total. The van der Waals surface area contributed by atoms with E-state index in [2.05, 4.69) is 4.99 Å². The van der Waals surface area contributed by atoms with Crippen LogP contribution < -0.4 is 9.47 Å². The number of β-lactam (4-membered cyclic amide) rings is 1. The third-order valence-electron chi connectivity index (χ3n) is 5.29. The van der Waals surface area contributed by atoms with E-state index in [1.54, 1.807) is 26.0 Å². The van der Waals surface area contributed by atoms with Crippen LogP contribution in [0.25, 0.3) is 6.08 Å². The lowest BCUT2D eigenvalue weighted by molar-refractivity contribution is -0.147. The molecule has 32 heavy (non-hydrogen) atoms. The number of amides is 1. The zero-order chi connectivity index (χ0) is 23.1. The van der Waals surface area contributed by atoms with Gasteiger partial charge in [0.05, 0.1) is 33.8 Å². The number of methoxy groups -OCH3 is 3. The number of carbonyl (C=O) groups excluding carboxylic acids is 2. The largest absolute Gasteiger partial charge is 0.493 e. The van der Waals surface area contributed by atoms with E-state index in [0.29, 0.717) is 23.8 Å². The van der Waals surface area contributed by atoms with Gasteiger partial charge in [0.25, 0.3) is 5.91 Å². The van der Waals surface area contributed by atoms with Crippen molar-refractivity contribution in [3.8, 4) is 11.5 Å². The number of benzene rings is 2. The van der Waals surface area contributed by atoms with Gasteiger partial charge in [-0.25, -0.2) is 0 Å². The highest BCUT2D eigenvalue weighted by atomic mass is 16.5. The molecule has 2 aromatic rings. The van der Waals surface area contributed by atoms with Gasteiger partial charge in [0.1, 0.15) is 0 Å². The predicted octanol–water partition coefficient (Wildman–Crippen LogP) is 3.52. The topological polar surface area (TPSA) is 77.4 Å². The van der Waals surface area contributed by atoms with E-state index in [1.807, 2.05) is 60.7 Å². The third kappa shape index (κ3) is 5.35. The fourth-order valence-corrected chi connectivity index (χ4v) is 3.59. The first-order chi connectivity index (χ1) is 15.5. The van der Waals surface area contributed by atoms with Gasteiger partial charge in [0.2, 0.25) is 0 Å². The van der Waals surface area contributed by atoms with Crippen LogP contribution in [0.1, 0.15) is 24.5 Å². The van der Waals surface area contributed by atoms with Crippen molar-refractivity contribution in [3.05, 3.63) is 65.7 Å². The van der Waals surface area contributed by atoms with Crippen molar-refractivity contribution >= 4 is 23.7 Å². The normalized spacial score (nSPS) is 18.4. The Morgan fingerprint density at radius 3 is 2.44 bits per heavy atom. The molecule has 2 atom stereocenters. The molecule has 7 nitrogen and oxygen atoms in total. The molecule has 2 aromatic carbocycles. The van der Waals surface area contributed by atoms with E-state index in [-0.39, 0.29) is 24.3 Å². The molecule has 7 heteroatoms. The van der Waals surface area contributed by atoms with Gasteiger partial charge in [-0.2, -0.15) is 0 Å². The van der Waals surface area contributed by atoms with E-state index >= 15 is 0 Å². The van der Waals surface area contributed by atoms with Gasteiger partial charge in [0.15, 0.2) is 17.5 Å². The molecule has 168 valence electrons. The smallest absolute Gasteiger partial charge is 0.311 e. The molecule has 1 aliphatic rings. The molecule has 0 spiro atoms. The summed E-state index contributed by atoms with van der Waals surface area (Å²) in [5.41, 5.74) is 2.52. The molecule has 1 aliphatic heterocycles. The second kappa shape index (κ2) is 10.6. The van der Waals surface area contributed by atoms with Gasteiger partial charge in [-0.15, -0.1) is 0 Å². The van der Waals surface area contributed by atoms with Crippen molar-refractivity contribution in [2.24, 2.45) is 4.99 Å². The molecule has 0 radical (unpaired) electrons. The van der Waals surface area contributed by atoms with Crippen LogP contribution >= 0.6 is 0 Å². The second-order valence-corrected chi connectivity index (χ2v) is 7.48. The van der Waals surface area contributed by atoms with Gasteiger partial charge >= 0.3 is 5.97 Å². The fourth-order valence-electron chi connectivity index (χ4n) is 3.59. The molecule has 1 fully saturated rings. The van der Waals surface area contributed by atoms with Crippen molar-refractivity contribution in [2.75, 3.05) is 21.3 Å². The van der Waals surface area contributed by atoms with Gasteiger partial charge in [-0.1, -0.05) is 48.6 Å². The first-order valence-corrected chi connectivity index (χ1v) is 10.3. The van der Waals surface area contributed by atoms with Crippen LogP contribution in [-0.2, 0) is 20.9 Å². The third-order valence-corrected chi connectivity index (χ3v) is 5.29. The van der Waals surface area contributed by atoms with Crippen LogP contribution in [0.3, 0.4) is 0 Å². The van der Waals surface area contributed by atoms with Gasteiger partial charge in [0, 0.05) is 12.3 Å². The highest BCUT2D eigenvalue weighted by Gasteiger charge is 2.45. The maximum absolute atomic E-state index is 13.0. The minimum Gasteiger partial charge on any atom is -0.493 e. The van der Waals surface area contributed by atoms with E-state index in [4.69, 9.17) is 14.2 Å². The lowest BCUT2D eigenvalue weighted by atomic mass is 9.93. The van der Waals surface area contributed by atoms with Crippen LogP contribution in [0, 0.1) is 0 Å². The zero-order valence-electron chi connectivity index (χ0n) is 18.8. The molecule has 3 rings (SSSR count). The summed E-state index contributed by atoms with van der Waals surface area (Å²) in [6.07, 6.45) is 4.03. The zero-order valence-corrected chi connectivity index (χ0v) is 18.8. The number of ether oxygens (including phenoxy) is 3. The maximum atomic E-state index is 13.0. The quantitative estimate of drug-likeness (QED) is 0.341. The van der Waals surface area contributed by atoms with Crippen LogP contribution in [-0.4, -0.2) is 55.9 Å². The molecule has 1 saturated heterocycles. The Morgan fingerprint density at radius 1 is 1.06 bits per heavy atom. The summed E-state index contributed by atoms with van der Waals surface area (Å²) < 4.78 is 15.4. The van der Waals surface area contributed by atoms with Crippen molar-refractivity contribution in [2.45, 2.75) is 32.0 Å². The summed E-state index contributed by atoms with van der Waals surface area (Å²) in [4.78, 5) is 30.8. The Balaban J connectivity index is 1.84. The second-order valence-electron chi connectivity index (χ2n) is 7.48. The number of likely N-dealkylation sites (tertiary alicyclic amines) is 1. The summed E-state index contributed by atoms with van der Waals surface area (Å²) in [5.74, 6) is 0.772. The number of hydrogen-bond acceptors (Lipinski definition) is 6. The highest BCUT2D eigenvalue weighted by molar-refractivity contribution is 6.00. The minimum atomic E-state index is -0.570. The fraction of sp³-hybridized carbons (Fsp3) is 0.320. The highest BCUT2D eigenvalue weighted by Crippen LogP contribution is 2.32. The summed E-state index contributed by atoms with van der Waals surface area (Å²) in [7, 11) is 4.50. The number of hydrogen-bond donors (Lipinski definition) is 0. The lowest BCUT2D eigenvalue weighted by Crippen LogP contribution is -2.62. The molecule has 2 unspecified atom stereocenters. The number of nitrogens with zero attached hydrogens (tertiary/aromatic N) is 2. The Labute approximate surface area is 188 Å². The standard InChI is InChI=1S/C25H28N2O5/c1-17(14-23(28)32-4)26-24-20(12-10-18-8-6-5-7-9-18)27(25(24)29)16-19-11-13-21(30-2)22(15-19)31-3/h5-13,15,20,24H,14,16H2,1-4H3. The minimum absolute atomic E-state index is 0.0606. The number of esters is 1. The molecular formula is C25H28N2O5. The van der Waals surface area contributed by atoms with Crippen LogP contribution in [0.5, 0.6) is 11.5 Å². The van der Waals surface area contributed by atoms with Gasteiger partial charge in [-0.05, 0) is 30.2 Å². The van der Waals surface area contributed by atoms with Crippen molar-refractivity contribution in [1.29, 1.82) is 0 Å². The first-order valence-electron chi connectivity index (χ1n) is 10.3. The summed E-state index contributed by atoms with van der Waals surface area (Å²) in [6, 6.07) is 14.7. The van der Waals surface area contributed by atoms with Crippen LogP contribution in [0.4, 0.5) is 0 Å². The number of carbonyl (C=O) groups is 2. The average molecular weight is 437 g/mol. The first kappa shape index (κ1) is 23.1. The number of aliphatic imine (C=N–C) groups is 1. The van der Waals surface area contributed by atoms with E-state index in [0.717, 1.165) is 11.1 Å². The maximum Gasteiger partial charge on any atom is 0.311 e. The Bertz CT molecular complexity index is 1020. The predicted molar refractivity (Wildman–Crippen MR) is 123 cm³/mol. The number of rotatable bonds is 9. The van der Waals surface area contributed by atoms with Crippen LogP contribution in [0.2, 0.25) is 0 Å². The van der Waals surface area contributed by atoms with Gasteiger partial charge in [-0.3, -0.25) is 14.6 Å². The van der Waals surface area contributed by atoms with Gasteiger partial charge < -0.3 is 19.1 Å². The SMILES string of the molecule is COC(=O)CC(C)=NC1C(=O)N(Cc2ccc(OC)c(OC)c2)C1C=Cc1ccccc1. The van der Waals surface area contributed by atoms with E-state index in [9.17, 15) is 9.59 Å². The summed E-state index contributed by atoms with van der Waals surface area (Å²) >= 11 is 0. The molecule has 1 amide bonds. The Morgan fingerprint density at radius 2 is 1.78 bits per heavy atom. The Kier molecular flexibility index (Phi) is 7.65. The molecular weight excluding hydrogens is 408 g/mol. The molecule has 0 bridgehead atoms. The molecule has 0 aliphatic carbocycles. The van der Waals surface area contributed by atoms with Crippen molar-refractivity contribution < 1.29 is 23.8 Å². The molecule has 0 aromatic heterocycles. The Hall–Kier alpha value is -3.61. The van der Waals surface area contributed by atoms with E-state index in [1.165, 1.54) is 7.11 Å². The summed E-state index contributed by atoms with van der Waals surface area (Å²) in [6.45, 7) is 2.14. The van der Waals surface area contributed by atoms with Crippen molar-refractivity contribution in [3.63, 3.8) is 0 Å². The lowest BCUT2D eigenvalue weighted by Gasteiger charge is -2.44. The average Bonchev–Trinajstić information content (AvgIpc) is 2.82. The monoisotopic (exact) mass is 436 g/mol. The molecule has 0 saturated carbocycles. The van der Waals surface area contributed by atoms with Crippen LogP contribution in [0.15, 0.2) is 59.6 Å². The van der Waals surface area contributed by atoms with E-state index < -0.39 is 6.04 Å². The van der Waals surface area contributed by atoms with Crippen molar-refractivity contribution in [1.82, 2.24) is 4.90 Å². The molecule has 1 heterocycles.